The molecular weight excluding hydrogens is 286 g/mol. The Morgan fingerprint density at radius 2 is 2.14 bits per heavy atom. The van der Waals surface area contributed by atoms with E-state index >= 15 is 0 Å². The molecule has 1 aromatic rings. The van der Waals surface area contributed by atoms with Gasteiger partial charge in [0.1, 0.15) is 11.6 Å². The largest absolute Gasteiger partial charge is 0.338 e. The molecule has 0 spiro atoms. The number of carbonyl (C=O) groups is 1. The second kappa shape index (κ2) is 5.95. The Bertz CT molecular complexity index is 578. The van der Waals surface area contributed by atoms with Gasteiger partial charge in [0.15, 0.2) is 0 Å². The number of likely N-dealkylation sites (tertiary alicyclic amines) is 1. The molecular formula is C17H22F2N2O. The van der Waals surface area contributed by atoms with E-state index in [1.807, 2.05) is 4.90 Å². The maximum Gasteiger partial charge on any atom is 0.226 e. The quantitative estimate of drug-likeness (QED) is 0.933. The number of piperidine rings is 1. The number of halogens is 2. The predicted molar refractivity (Wildman–Crippen MR) is 80.2 cm³/mol. The van der Waals surface area contributed by atoms with Crippen molar-refractivity contribution in [1.82, 2.24) is 4.90 Å². The lowest BCUT2D eigenvalue weighted by atomic mass is 9.92. The zero-order chi connectivity index (χ0) is 15.9. The van der Waals surface area contributed by atoms with E-state index in [2.05, 4.69) is 6.92 Å². The molecule has 3 nitrogen and oxygen atoms in total. The first-order chi connectivity index (χ1) is 10.5. The van der Waals surface area contributed by atoms with E-state index in [9.17, 15) is 13.6 Å². The molecule has 1 aromatic carbocycles. The van der Waals surface area contributed by atoms with Crippen molar-refractivity contribution in [1.29, 1.82) is 0 Å². The van der Waals surface area contributed by atoms with Gasteiger partial charge >= 0.3 is 0 Å². The lowest BCUT2D eigenvalue weighted by Gasteiger charge is -2.38. The Morgan fingerprint density at radius 3 is 2.86 bits per heavy atom. The van der Waals surface area contributed by atoms with Crippen molar-refractivity contribution in [2.45, 2.75) is 38.1 Å². The van der Waals surface area contributed by atoms with Crippen LogP contribution in [0.5, 0.6) is 0 Å². The van der Waals surface area contributed by atoms with Crippen LogP contribution in [-0.2, 0) is 4.79 Å². The molecule has 3 rings (SSSR count). The number of amides is 1. The van der Waals surface area contributed by atoms with Crippen LogP contribution in [0.1, 0.15) is 37.7 Å². The summed E-state index contributed by atoms with van der Waals surface area (Å²) >= 11 is 0. The summed E-state index contributed by atoms with van der Waals surface area (Å²) in [5.74, 6) is -0.672. The summed E-state index contributed by atoms with van der Waals surface area (Å²) in [4.78, 5) is 14.5. The van der Waals surface area contributed by atoms with E-state index in [4.69, 9.17) is 5.73 Å². The third-order valence-electron chi connectivity index (χ3n) is 5.00. The molecule has 4 unspecified atom stereocenters. The molecule has 1 aliphatic heterocycles. The van der Waals surface area contributed by atoms with E-state index in [0.29, 0.717) is 24.4 Å². The maximum absolute atomic E-state index is 13.8. The molecule has 1 aliphatic carbocycles. The van der Waals surface area contributed by atoms with Gasteiger partial charge in [0.25, 0.3) is 0 Å². The molecule has 2 fully saturated rings. The van der Waals surface area contributed by atoms with Crippen molar-refractivity contribution in [2.24, 2.45) is 17.6 Å². The summed E-state index contributed by atoms with van der Waals surface area (Å²) in [5.41, 5.74) is 6.13. The molecule has 1 heterocycles. The van der Waals surface area contributed by atoms with Crippen molar-refractivity contribution in [3.05, 3.63) is 35.4 Å². The van der Waals surface area contributed by atoms with E-state index in [1.54, 1.807) is 0 Å². The van der Waals surface area contributed by atoms with Gasteiger partial charge in [-0.2, -0.15) is 0 Å². The number of carbonyl (C=O) groups excluding carboxylic acids is 1. The molecule has 0 bridgehead atoms. The van der Waals surface area contributed by atoms with Crippen LogP contribution in [-0.4, -0.2) is 29.9 Å². The second-order valence-corrected chi connectivity index (χ2v) is 6.67. The number of rotatable bonds is 3. The van der Waals surface area contributed by atoms with Gasteiger partial charge in [-0.1, -0.05) is 6.92 Å². The third-order valence-corrected chi connectivity index (χ3v) is 5.00. The van der Waals surface area contributed by atoms with Gasteiger partial charge in [0.05, 0.1) is 0 Å². The molecule has 2 aliphatic rings. The number of nitrogens with two attached hydrogens (primary N) is 1. The van der Waals surface area contributed by atoms with Crippen molar-refractivity contribution >= 4 is 5.91 Å². The first-order valence-electron chi connectivity index (χ1n) is 7.96. The molecule has 0 aromatic heterocycles. The summed E-state index contributed by atoms with van der Waals surface area (Å²) in [6.07, 6.45) is 2.50. The normalized spacial score (nSPS) is 31.2. The van der Waals surface area contributed by atoms with E-state index in [0.717, 1.165) is 31.5 Å². The summed E-state index contributed by atoms with van der Waals surface area (Å²) in [6.45, 7) is 3.35. The molecule has 2 N–H and O–H groups in total. The Morgan fingerprint density at radius 1 is 1.36 bits per heavy atom. The molecule has 1 saturated heterocycles. The van der Waals surface area contributed by atoms with E-state index in [1.165, 1.54) is 6.07 Å². The van der Waals surface area contributed by atoms with Crippen LogP contribution in [0.4, 0.5) is 8.78 Å². The number of hydrogen-bond donors (Lipinski definition) is 1. The number of hydrogen-bond acceptors (Lipinski definition) is 2. The van der Waals surface area contributed by atoms with Crippen LogP contribution in [0, 0.1) is 23.5 Å². The molecule has 1 saturated carbocycles. The molecule has 5 heteroatoms. The summed E-state index contributed by atoms with van der Waals surface area (Å²) in [6, 6.07) is 3.53. The van der Waals surface area contributed by atoms with E-state index < -0.39 is 11.6 Å². The van der Waals surface area contributed by atoms with Gasteiger partial charge in [0, 0.05) is 25.0 Å². The van der Waals surface area contributed by atoms with Crippen molar-refractivity contribution in [3.8, 4) is 0 Å². The predicted octanol–water partition coefficient (Wildman–Crippen LogP) is 2.65. The zero-order valence-electron chi connectivity index (χ0n) is 12.8. The van der Waals surface area contributed by atoms with Crippen molar-refractivity contribution in [2.75, 3.05) is 13.1 Å². The van der Waals surface area contributed by atoms with Gasteiger partial charge < -0.3 is 10.6 Å². The van der Waals surface area contributed by atoms with Crippen LogP contribution in [0.25, 0.3) is 0 Å². The molecule has 1 amide bonds. The summed E-state index contributed by atoms with van der Waals surface area (Å²) < 4.78 is 27.1. The smallest absolute Gasteiger partial charge is 0.226 e. The minimum Gasteiger partial charge on any atom is -0.338 e. The van der Waals surface area contributed by atoms with Gasteiger partial charge in [-0.05, 0) is 54.9 Å². The van der Waals surface area contributed by atoms with Gasteiger partial charge in [-0.15, -0.1) is 0 Å². The average molecular weight is 308 g/mol. The van der Waals surface area contributed by atoms with E-state index in [-0.39, 0.29) is 23.8 Å². The topological polar surface area (TPSA) is 46.3 Å². The fourth-order valence-corrected chi connectivity index (χ4v) is 3.59. The van der Waals surface area contributed by atoms with Crippen molar-refractivity contribution < 1.29 is 13.6 Å². The first kappa shape index (κ1) is 15.4. The highest BCUT2D eigenvalue weighted by atomic mass is 19.1. The van der Waals surface area contributed by atoms with Crippen LogP contribution in [0.15, 0.2) is 18.2 Å². The Balaban J connectivity index is 1.71. The standard InChI is InChI=1S/C17H22F2N2O/c1-10-4-5-21(12(6-10)9-20)17(22)15-8-13(15)14-7-11(18)2-3-16(14)19/h2-3,7,10,12-13,15H,4-6,8-9,20H2,1H3. The summed E-state index contributed by atoms with van der Waals surface area (Å²) in [7, 11) is 0. The maximum atomic E-state index is 13.8. The Hall–Kier alpha value is -1.49. The lowest BCUT2D eigenvalue weighted by molar-refractivity contribution is -0.136. The van der Waals surface area contributed by atoms with Crippen LogP contribution < -0.4 is 5.73 Å². The minimum atomic E-state index is -0.457. The lowest BCUT2D eigenvalue weighted by Crippen LogP contribution is -2.49. The Labute approximate surface area is 129 Å². The number of nitrogens with zero attached hydrogens (tertiary/aromatic N) is 1. The molecule has 22 heavy (non-hydrogen) atoms. The molecule has 0 radical (unpaired) electrons. The second-order valence-electron chi connectivity index (χ2n) is 6.67. The molecule has 4 atom stereocenters. The van der Waals surface area contributed by atoms with Gasteiger partial charge in [-0.25, -0.2) is 8.78 Å². The third kappa shape index (κ3) is 2.86. The van der Waals surface area contributed by atoms with Crippen LogP contribution in [0.2, 0.25) is 0 Å². The van der Waals surface area contributed by atoms with Crippen LogP contribution >= 0.6 is 0 Å². The monoisotopic (exact) mass is 308 g/mol. The number of benzene rings is 1. The minimum absolute atomic E-state index is 0.0519. The fourth-order valence-electron chi connectivity index (χ4n) is 3.59. The Kier molecular flexibility index (Phi) is 4.17. The summed E-state index contributed by atoms with van der Waals surface area (Å²) in [5, 5.41) is 0. The van der Waals surface area contributed by atoms with Gasteiger partial charge in [-0.3, -0.25) is 4.79 Å². The van der Waals surface area contributed by atoms with Crippen LogP contribution in [0.3, 0.4) is 0 Å². The highest BCUT2D eigenvalue weighted by Crippen LogP contribution is 2.50. The van der Waals surface area contributed by atoms with Gasteiger partial charge in [0.2, 0.25) is 5.91 Å². The highest BCUT2D eigenvalue weighted by molar-refractivity contribution is 5.83. The zero-order valence-corrected chi connectivity index (χ0v) is 12.8. The first-order valence-corrected chi connectivity index (χ1v) is 7.96. The van der Waals surface area contributed by atoms with Crippen molar-refractivity contribution in [3.63, 3.8) is 0 Å². The SMILES string of the molecule is CC1CCN(C(=O)C2CC2c2cc(F)ccc2F)C(CN)C1. The molecule has 120 valence electrons. The highest BCUT2D eigenvalue weighted by Gasteiger charge is 2.48. The fraction of sp³-hybridized carbons (Fsp3) is 0.588. The average Bonchev–Trinajstić information content (AvgIpc) is 3.29.